The lowest BCUT2D eigenvalue weighted by atomic mass is 10.1. The third-order valence-corrected chi connectivity index (χ3v) is 2.46. The van der Waals surface area contributed by atoms with E-state index in [9.17, 15) is 4.79 Å². The van der Waals surface area contributed by atoms with Gasteiger partial charge in [-0.05, 0) is 33.6 Å². The maximum absolute atomic E-state index is 11.5. The minimum absolute atomic E-state index is 0.224. The molecule has 3 nitrogen and oxygen atoms in total. The topological polar surface area (TPSA) is 26.3 Å². The normalized spacial score (nSPS) is 12.2. The molecule has 0 saturated carbocycles. The van der Waals surface area contributed by atoms with Crippen LogP contribution in [0.4, 0.5) is 0 Å². The van der Waals surface area contributed by atoms with Crippen LogP contribution in [0.25, 0.3) is 0 Å². The van der Waals surface area contributed by atoms with E-state index < -0.39 is 0 Å². The molecule has 104 valence electrons. The zero-order valence-corrected chi connectivity index (χ0v) is 12.7. The molecule has 0 aliphatic rings. The largest absolute Gasteiger partial charge is 0.457 e. The first-order valence-electron chi connectivity index (χ1n) is 6.48. The van der Waals surface area contributed by atoms with Gasteiger partial charge in [0.05, 0.1) is 21.1 Å². The number of carbonyl (C=O) groups is 1. The van der Waals surface area contributed by atoms with Gasteiger partial charge in [-0.15, -0.1) is 0 Å². The van der Waals surface area contributed by atoms with Crippen LogP contribution in [0.15, 0.2) is 23.3 Å². The van der Waals surface area contributed by atoms with E-state index >= 15 is 0 Å². The highest BCUT2D eigenvalue weighted by Crippen LogP contribution is 2.06. The summed E-state index contributed by atoms with van der Waals surface area (Å²) in [6.45, 7) is 7.44. The molecule has 0 N–H and O–H groups in total. The second-order valence-electron chi connectivity index (χ2n) is 5.99. The fraction of sp³-hybridized carbons (Fsp3) is 0.667. The Labute approximate surface area is 112 Å². The second kappa shape index (κ2) is 8.09. The van der Waals surface area contributed by atoms with Gasteiger partial charge in [0, 0.05) is 6.08 Å². The minimum Gasteiger partial charge on any atom is -0.457 e. The molecule has 0 amide bonds. The molecule has 0 heterocycles. The summed E-state index contributed by atoms with van der Waals surface area (Å²) in [4.78, 5) is 11.5. The minimum atomic E-state index is -0.224. The molecule has 0 atom stereocenters. The highest BCUT2D eigenvalue weighted by Gasteiger charge is 2.08. The SMILES string of the molecule is CC(C)=CCC/C(C)=C/C(=O)OCC[N+](C)(C)C. The van der Waals surface area contributed by atoms with Crippen molar-refractivity contribution in [1.82, 2.24) is 0 Å². The smallest absolute Gasteiger partial charge is 0.330 e. The van der Waals surface area contributed by atoms with Crippen molar-refractivity contribution in [3.8, 4) is 0 Å². The molecule has 0 bridgehead atoms. The van der Waals surface area contributed by atoms with Crippen molar-refractivity contribution in [2.75, 3.05) is 34.3 Å². The fourth-order valence-electron chi connectivity index (χ4n) is 1.32. The molecular formula is C15H28NO2+. The predicted octanol–water partition coefficient (Wildman–Crippen LogP) is 2.93. The first-order valence-corrected chi connectivity index (χ1v) is 6.48. The number of hydrogen-bond acceptors (Lipinski definition) is 2. The number of allylic oxidation sites excluding steroid dienone is 3. The number of quaternary nitrogens is 1. The van der Waals surface area contributed by atoms with Gasteiger partial charge >= 0.3 is 5.97 Å². The summed E-state index contributed by atoms with van der Waals surface area (Å²) in [6, 6.07) is 0. The Bertz CT molecular complexity index is 318. The third-order valence-electron chi connectivity index (χ3n) is 2.46. The second-order valence-corrected chi connectivity index (χ2v) is 5.99. The average Bonchev–Trinajstić information content (AvgIpc) is 2.14. The standard InChI is InChI=1S/C15H28NO2/c1-13(2)8-7-9-14(3)12-15(17)18-11-10-16(4,5)6/h8,12H,7,9-11H2,1-6H3/q+1/b14-12+. The zero-order chi connectivity index (χ0) is 14.2. The lowest BCUT2D eigenvalue weighted by Crippen LogP contribution is -2.37. The Kier molecular flexibility index (Phi) is 7.60. The van der Waals surface area contributed by atoms with E-state index in [1.165, 1.54) is 5.57 Å². The van der Waals surface area contributed by atoms with Crippen LogP contribution in [0, 0.1) is 0 Å². The van der Waals surface area contributed by atoms with Crippen molar-refractivity contribution in [3.05, 3.63) is 23.3 Å². The van der Waals surface area contributed by atoms with Gasteiger partial charge in [-0.1, -0.05) is 17.2 Å². The molecular weight excluding hydrogens is 226 g/mol. The molecule has 0 fully saturated rings. The molecule has 3 heteroatoms. The molecule has 0 aromatic carbocycles. The molecule has 18 heavy (non-hydrogen) atoms. The summed E-state index contributed by atoms with van der Waals surface area (Å²) >= 11 is 0. The van der Waals surface area contributed by atoms with Crippen molar-refractivity contribution >= 4 is 5.97 Å². The number of hydrogen-bond donors (Lipinski definition) is 0. The van der Waals surface area contributed by atoms with E-state index in [0.29, 0.717) is 6.61 Å². The van der Waals surface area contributed by atoms with Crippen molar-refractivity contribution in [1.29, 1.82) is 0 Å². The Morgan fingerprint density at radius 1 is 1.17 bits per heavy atom. The molecule has 0 aromatic rings. The molecule has 0 unspecified atom stereocenters. The summed E-state index contributed by atoms with van der Waals surface area (Å²) in [5, 5.41) is 0. The molecule has 0 spiro atoms. The van der Waals surface area contributed by atoms with E-state index in [0.717, 1.165) is 29.4 Å². The highest BCUT2D eigenvalue weighted by molar-refractivity contribution is 5.82. The van der Waals surface area contributed by atoms with Crippen LogP contribution < -0.4 is 0 Å². The summed E-state index contributed by atoms with van der Waals surface area (Å²) in [7, 11) is 6.23. The molecule has 0 radical (unpaired) electrons. The summed E-state index contributed by atoms with van der Waals surface area (Å²) < 4.78 is 5.97. The van der Waals surface area contributed by atoms with E-state index in [2.05, 4.69) is 41.1 Å². The first-order chi connectivity index (χ1) is 8.20. The van der Waals surface area contributed by atoms with Crippen molar-refractivity contribution < 1.29 is 14.0 Å². The van der Waals surface area contributed by atoms with Gasteiger partial charge in [-0.2, -0.15) is 0 Å². The van der Waals surface area contributed by atoms with Crippen LogP contribution in [0.5, 0.6) is 0 Å². The zero-order valence-electron chi connectivity index (χ0n) is 12.7. The van der Waals surface area contributed by atoms with E-state index in [1.54, 1.807) is 6.08 Å². The summed E-state index contributed by atoms with van der Waals surface area (Å²) in [6.07, 6.45) is 5.68. The predicted molar refractivity (Wildman–Crippen MR) is 76.3 cm³/mol. The molecule has 0 aliphatic heterocycles. The quantitative estimate of drug-likeness (QED) is 0.302. The molecule has 0 rings (SSSR count). The van der Waals surface area contributed by atoms with Crippen molar-refractivity contribution in [2.24, 2.45) is 0 Å². The number of ether oxygens (including phenoxy) is 1. The first kappa shape index (κ1) is 16.9. The van der Waals surface area contributed by atoms with E-state index in [1.807, 2.05) is 6.92 Å². The van der Waals surface area contributed by atoms with Crippen LogP contribution >= 0.6 is 0 Å². The van der Waals surface area contributed by atoms with Crippen molar-refractivity contribution in [3.63, 3.8) is 0 Å². The summed E-state index contributed by atoms with van der Waals surface area (Å²) in [5.41, 5.74) is 2.39. The van der Waals surface area contributed by atoms with Crippen LogP contribution in [0.3, 0.4) is 0 Å². The average molecular weight is 254 g/mol. The van der Waals surface area contributed by atoms with E-state index in [-0.39, 0.29) is 5.97 Å². The lowest BCUT2D eigenvalue weighted by Gasteiger charge is -2.23. The number of nitrogens with zero attached hydrogens (tertiary/aromatic N) is 1. The van der Waals surface area contributed by atoms with Gasteiger partial charge in [0.15, 0.2) is 0 Å². The third kappa shape index (κ3) is 11.4. The maximum Gasteiger partial charge on any atom is 0.330 e. The molecule has 0 saturated heterocycles. The van der Waals surface area contributed by atoms with Gasteiger partial charge in [0.1, 0.15) is 13.2 Å². The Morgan fingerprint density at radius 3 is 2.28 bits per heavy atom. The van der Waals surface area contributed by atoms with E-state index in [4.69, 9.17) is 4.74 Å². The van der Waals surface area contributed by atoms with Crippen LogP contribution in [0.2, 0.25) is 0 Å². The number of likely N-dealkylation sites (N-methyl/N-ethyl adjacent to an activating group) is 1. The molecule has 0 aromatic heterocycles. The monoisotopic (exact) mass is 254 g/mol. The fourth-order valence-corrected chi connectivity index (χ4v) is 1.32. The Morgan fingerprint density at radius 2 is 1.78 bits per heavy atom. The van der Waals surface area contributed by atoms with Gasteiger partial charge in [0.25, 0.3) is 0 Å². The number of esters is 1. The Balaban J connectivity index is 3.94. The molecule has 0 aliphatic carbocycles. The van der Waals surface area contributed by atoms with Crippen LogP contribution in [-0.4, -0.2) is 44.7 Å². The maximum atomic E-state index is 11.5. The Hall–Kier alpha value is -1.09. The van der Waals surface area contributed by atoms with Gasteiger partial charge in [-0.25, -0.2) is 4.79 Å². The van der Waals surface area contributed by atoms with Crippen LogP contribution in [0.1, 0.15) is 33.6 Å². The lowest BCUT2D eigenvalue weighted by molar-refractivity contribution is -0.870. The van der Waals surface area contributed by atoms with Crippen LogP contribution in [-0.2, 0) is 9.53 Å². The van der Waals surface area contributed by atoms with Crippen molar-refractivity contribution in [2.45, 2.75) is 33.6 Å². The highest BCUT2D eigenvalue weighted by atomic mass is 16.5. The van der Waals surface area contributed by atoms with Gasteiger partial charge in [0.2, 0.25) is 0 Å². The number of rotatable bonds is 7. The van der Waals surface area contributed by atoms with Gasteiger partial charge < -0.3 is 9.22 Å². The van der Waals surface area contributed by atoms with Gasteiger partial charge in [-0.3, -0.25) is 0 Å². The summed E-state index contributed by atoms with van der Waals surface area (Å²) in [5.74, 6) is -0.224. The number of carbonyl (C=O) groups excluding carboxylic acids is 1.